The Kier molecular flexibility index (Phi) is 6.71. The molecule has 0 saturated carbocycles. The number of thiocarbonyl (C=S) groups is 1. The van der Waals surface area contributed by atoms with Crippen LogP contribution in [-0.4, -0.2) is 70.6 Å². The summed E-state index contributed by atoms with van der Waals surface area (Å²) in [6.45, 7) is 2.86. The van der Waals surface area contributed by atoms with Crippen molar-refractivity contribution < 1.29 is 9.59 Å². The van der Waals surface area contributed by atoms with Crippen LogP contribution in [0.5, 0.6) is 0 Å². The van der Waals surface area contributed by atoms with Gasteiger partial charge in [-0.05, 0) is 25.3 Å². The summed E-state index contributed by atoms with van der Waals surface area (Å²) in [5.74, 6) is -0.445. The van der Waals surface area contributed by atoms with Gasteiger partial charge < -0.3 is 9.80 Å². The average Bonchev–Trinajstić information content (AvgIpc) is 2.90. The van der Waals surface area contributed by atoms with Gasteiger partial charge in [0.05, 0.1) is 15.0 Å². The van der Waals surface area contributed by atoms with Gasteiger partial charge >= 0.3 is 0 Å². The summed E-state index contributed by atoms with van der Waals surface area (Å²) in [5, 5.41) is 0.985. The summed E-state index contributed by atoms with van der Waals surface area (Å²) in [7, 11) is 2.01. The molecular weight excluding hydrogens is 449 g/mol. The molecular formula is C17H16Cl3N3O2S2. The Morgan fingerprint density at radius 2 is 1.81 bits per heavy atom. The largest absolute Gasteiger partial charge is 0.339 e. The lowest BCUT2D eigenvalue weighted by Gasteiger charge is -2.33. The molecule has 2 aliphatic rings. The predicted molar refractivity (Wildman–Crippen MR) is 115 cm³/mol. The number of carbonyl (C=O) groups excluding carboxylic acids is 2. The SMILES string of the molecule is CN1CCN(C(=O)CN2C(=O)/C(=C/c3c(Cl)ccc(Cl)c3Cl)SC2=S)CC1. The minimum absolute atomic E-state index is 0.0667. The van der Waals surface area contributed by atoms with Crippen LogP contribution in [0.3, 0.4) is 0 Å². The molecule has 2 heterocycles. The van der Waals surface area contributed by atoms with Gasteiger partial charge in [0.25, 0.3) is 5.91 Å². The van der Waals surface area contributed by atoms with Crippen molar-refractivity contribution in [2.45, 2.75) is 0 Å². The summed E-state index contributed by atoms with van der Waals surface area (Å²) in [6.07, 6.45) is 1.57. The molecule has 1 aromatic carbocycles. The van der Waals surface area contributed by atoms with Crippen molar-refractivity contribution in [2.75, 3.05) is 39.8 Å². The number of rotatable bonds is 3. The number of halogens is 3. The van der Waals surface area contributed by atoms with Crippen LogP contribution in [0.1, 0.15) is 5.56 Å². The molecule has 27 heavy (non-hydrogen) atoms. The summed E-state index contributed by atoms with van der Waals surface area (Å²) in [5.41, 5.74) is 0.455. The molecule has 0 unspecified atom stereocenters. The van der Waals surface area contributed by atoms with Gasteiger partial charge in [-0.25, -0.2) is 0 Å². The quantitative estimate of drug-likeness (QED) is 0.388. The first-order valence-electron chi connectivity index (χ1n) is 8.13. The third-order valence-corrected chi connectivity index (χ3v) is 6.90. The van der Waals surface area contributed by atoms with Crippen LogP contribution < -0.4 is 0 Å². The Balaban J connectivity index is 1.76. The van der Waals surface area contributed by atoms with E-state index in [0.29, 0.717) is 37.9 Å². The molecule has 5 nitrogen and oxygen atoms in total. The highest BCUT2D eigenvalue weighted by Gasteiger charge is 2.35. The van der Waals surface area contributed by atoms with Gasteiger partial charge in [0, 0.05) is 36.8 Å². The Bertz CT molecular complexity index is 839. The van der Waals surface area contributed by atoms with Gasteiger partial charge in [-0.15, -0.1) is 0 Å². The summed E-state index contributed by atoms with van der Waals surface area (Å²) in [4.78, 5) is 30.9. The number of carbonyl (C=O) groups is 2. The van der Waals surface area contributed by atoms with Crippen LogP contribution in [0.4, 0.5) is 0 Å². The summed E-state index contributed by atoms with van der Waals surface area (Å²) < 4.78 is 0.336. The molecule has 0 atom stereocenters. The van der Waals surface area contributed by atoms with Gasteiger partial charge in [-0.2, -0.15) is 0 Å². The van der Waals surface area contributed by atoms with E-state index in [1.54, 1.807) is 23.1 Å². The number of nitrogens with zero attached hydrogens (tertiary/aromatic N) is 3. The molecule has 0 radical (unpaired) electrons. The van der Waals surface area contributed by atoms with Crippen LogP contribution in [0.25, 0.3) is 6.08 Å². The molecule has 0 bridgehead atoms. The first-order valence-corrected chi connectivity index (χ1v) is 10.5. The molecule has 10 heteroatoms. The maximum Gasteiger partial charge on any atom is 0.266 e. The molecule has 3 rings (SSSR count). The first-order chi connectivity index (χ1) is 12.8. The second-order valence-electron chi connectivity index (χ2n) is 6.21. The minimum Gasteiger partial charge on any atom is -0.339 e. The van der Waals surface area contributed by atoms with E-state index in [1.807, 2.05) is 7.05 Å². The lowest BCUT2D eigenvalue weighted by Crippen LogP contribution is -2.50. The van der Waals surface area contributed by atoms with E-state index in [9.17, 15) is 9.59 Å². The minimum atomic E-state index is -0.334. The zero-order chi connectivity index (χ0) is 19.7. The number of hydrogen-bond acceptors (Lipinski definition) is 5. The van der Waals surface area contributed by atoms with Gasteiger partial charge in [0.1, 0.15) is 10.9 Å². The first kappa shape index (κ1) is 20.9. The number of hydrogen-bond donors (Lipinski definition) is 0. The molecule has 2 fully saturated rings. The normalized spacial score (nSPS) is 20.1. The van der Waals surface area contributed by atoms with E-state index >= 15 is 0 Å². The monoisotopic (exact) mass is 463 g/mol. The van der Waals surface area contributed by atoms with Crippen LogP contribution >= 0.6 is 58.8 Å². The fourth-order valence-electron chi connectivity index (χ4n) is 2.73. The zero-order valence-electron chi connectivity index (χ0n) is 14.4. The van der Waals surface area contributed by atoms with Crippen LogP contribution in [0.15, 0.2) is 17.0 Å². The highest BCUT2D eigenvalue weighted by atomic mass is 35.5. The van der Waals surface area contributed by atoms with Crippen LogP contribution in [-0.2, 0) is 9.59 Å². The molecule has 0 N–H and O–H groups in total. The maximum atomic E-state index is 12.7. The topological polar surface area (TPSA) is 43.9 Å². The van der Waals surface area contributed by atoms with Gasteiger partial charge in [-0.3, -0.25) is 14.5 Å². The Morgan fingerprint density at radius 1 is 1.19 bits per heavy atom. The highest BCUT2D eigenvalue weighted by Crippen LogP contribution is 2.38. The predicted octanol–water partition coefficient (Wildman–Crippen LogP) is 3.62. The number of likely N-dealkylation sites (N-methyl/N-ethyl adjacent to an activating group) is 1. The lowest BCUT2D eigenvalue weighted by atomic mass is 10.2. The van der Waals surface area contributed by atoms with Crippen molar-refractivity contribution in [2.24, 2.45) is 0 Å². The van der Waals surface area contributed by atoms with Crippen molar-refractivity contribution in [1.29, 1.82) is 0 Å². The third kappa shape index (κ3) is 4.60. The second kappa shape index (κ2) is 8.68. The number of thioether (sulfide) groups is 1. The van der Waals surface area contributed by atoms with E-state index in [1.165, 1.54) is 4.90 Å². The molecule has 1 aromatic rings. The van der Waals surface area contributed by atoms with Gasteiger partial charge in [-0.1, -0.05) is 58.8 Å². The number of piperazine rings is 1. The Morgan fingerprint density at radius 3 is 2.48 bits per heavy atom. The number of benzene rings is 1. The van der Waals surface area contributed by atoms with Crippen molar-refractivity contribution >= 4 is 81.0 Å². The van der Waals surface area contributed by atoms with Gasteiger partial charge in [0.15, 0.2) is 0 Å². The average molecular weight is 465 g/mol. The molecule has 2 saturated heterocycles. The molecule has 0 spiro atoms. The maximum absolute atomic E-state index is 12.7. The van der Waals surface area contributed by atoms with Crippen LogP contribution in [0, 0.1) is 0 Å². The van der Waals surface area contributed by atoms with E-state index in [2.05, 4.69) is 4.90 Å². The van der Waals surface area contributed by atoms with Crippen molar-refractivity contribution in [3.05, 3.63) is 37.7 Å². The molecule has 2 amide bonds. The lowest BCUT2D eigenvalue weighted by molar-refractivity contribution is -0.136. The highest BCUT2D eigenvalue weighted by molar-refractivity contribution is 8.26. The Hall–Kier alpha value is -0.830. The summed E-state index contributed by atoms with van der Waals surface area (Å²) in [6, 6.07) is 3.20. The number of amides is 2. The second-order valence-corrected chi connectivity index (χ2v) is 9.08. The van der Waals surface area contributed by atoms with Crippen LogP contribution in [0.2, 0.25) is 15.1 Å². The van der Waals surface area contributed by atoms with E-state index in [-0.39, 0.29) is 23.4 Å². The molecule has 0 aromatic heterocycles. The Labute approximate surface area is 182 Å². The van der Waals surface area contributed by atoms with Crippen molar-refractivity contribution in [1.82, 2.24) is 14.7 Å². The molecule has 144 valence electrons. The van der Waals surface area contributed by atoms with Crippen molar-refractivity contribution in [3.8, 4) is 0 Å². The fraction of sp³-hybridized carbons (Fsp3) is 0.353. The zero-order valence-corrected chi connectivity index (χ0v) is 18.3. The molecule has 0 aliphatic carbocycles. The summed E-state index contributed by atoms with van der Waals surface area (Å²) >= 11 is 24.8. The van der Waals surface area contributed by atoms with E-state index in [0.717, 1.165) is 24.9 Å². The fourth-order valence-corrected chi connectivity index (χ4v) is 4.61. The third-order valence-electron chi connectivity index (χ3n) is 4.38. The standard InChI is InChI=1S/C17H16Cl3N3O2S2/c1-21-4-6-22(7-5-21)14(24)9-23-16(25)13(27-17(23)26)8-10-11(18)2-3-12(19)15(10)20/h2-3,8H,4-7,9H2,1H3/b13-8-. The van der Waals surface area contributed by atoms with E-state index < -0.39 is 0 Å². The smallest absolute Gasteiger partial charge is 0.266 e. The van der Waals surface area contributed by atoms with E-state index in [4.69, 9.17) is 47.0 Å². The van der Waals surface area contributed by atoms with Gasteiger partial charge in [0.2, 0.25) is 5.91 Å². The van der Waals surface area contributed by atoms with Crippen molar-refractivity contribution in [3.63, 3.8) is 0 Å². The molecule has 2 aliphatic heterocycles.